The van der Waals surface area contributed by atoms with E-state index in [1.165, 1.54) is 0 Å². The van der Waals surface area contributed by atoms with Crippen LogP contribution in [0.2, 0.25) is 0 Å². The van der Waals surface area contributed by atoms with Crippen molar-refractivity contribution >= 4 is 22.9 Å². The lowest BCUT2D eigenvalue weighted by atomic mass is 9.93. The summed E-state index contributed by atoms with van der Waals surface area (Å²) >= 11 is 0. The van der Waals surface area contributed by atoms with Gasteiger partial charge in [-0.25, -0.2) is 14.5 Å². The summed E-state index contributed by atoms with van der Waals surface area (Å²) in [6, 6.07) is 4.27. The third-order valence-electron chi connectivity index (χ3n) is 6.77. The number of aryl methyl sites for hydroxylation is 1. The van der Waals surface area contributed by atoms with Crippen LogP contribution in [0.15, 0.2) is 36.8 Å². The number of hydrogen-bond donors (Lipinski definition) is 2. The molecule has 0 unspecified atom stereocenters. The lowest BCUT2D eigenvalue weighted by Gasteiger charge is -2.28. The molecule has 3 heterocycles. The smallest absolute Gasteiger partial charge is 0.255 e. The summed E-state index contributed by atoms with van der Waals surface area (Å²) in [6.45, 7) is 0. The van der Waals surface area contributed by atoms with Crippen LogP contribution in [-0.2, 0) is 11.2 Å². The topological polar surface area (TPSA) is 93.4 Å². The number of carbonyl (C=O) groups is 1. The minimum absolute atomic E-state index is 0.0692. The first-order valence-electron chi connectivity index (χ1n) is 11.7. The lowest BCUT2D eigenvalue weighted by Crippen LogP contribution is -2.38. The van der Waals surface area contributed by atoms with Crippen LogP contribution in [0.4, 0.5) is 5.95 Å². The van der Waals surface area contributed by atoms with Gasteiger partial charge >= 0.3 is 0 Å². The summed E-state index contributed by atoms with van der Waals surface area (Å²) in [6.07, 6.45) is 14.8. The van der Waals surface area contributed by atoms with E-state index in [1.54, 1.807) is 17.8 Å². The highest BCUT2D eigenvalue weighted by Gasteiger charge is 2.24. The first-order chi connectivity index (χ1) is 16.2. The van der Waals surface area contributed by atoms with Crippen LogP contribution in [0.1, 0.15) is 65.7 Å². The molecule has 0 radical (unpaired) electrons. The fraction of sp³-hybridized carbons (Fsp3) is 0.440. The molecule has 3 aromatic rings. The van der Waals surface area contributed by atoms with Gasteiger partial charge in [-0.15, -0.1) is 0 Å². The van der Waals surface area contributed by atoms with Crippen molar-refractivity contribution in [1.29, 1.82) is 0 Å². The fourth-order valence-electron chi connectivity index (χ4n) is 4.88. The van der Waals surface area contributed by atoms with Gasteiger partial charge in [-0.05, 0) is 68.2 Å². The number of allylic oxidation sites excluding steroid dienone is 1. The number of rotatable bonds is 5. The van der Waals surface area contributed by atoms with Crippen molar-refractivity contribution in [3.63, 3.8) is 0 Å². The summed E-state index contributed by atoms with van der Waals surface area (Å²) in [5, 5.41) is 10.6. The first kappa shape index (κ1) is 21.6. The molecule has 0 saturated heterocycles. The summed E-state index contributed by atoms with van der Waals surface area (Å²) in [7, 11) is 3.59. The molecular formula is C25H30N6O2. The molecule has 8 nitrogen and oxygen atoms in total. The molecule has 3 aromatic heterocycles. The normalized spacial score (nSPS) is 20.6. The van der Waals surface area contributed by atoms with Crippen LogP contribution in [0.25, 0.3) is 11.1 Å². The number of hydrogen-bond acceptors (Lipinski definition) is 6. The Morgan fingerprint density at radius 1 is 1.21 bits per heavy atom. The molecule has 1 fully saturated rings. The molecule has 33 heavy (non-hydrogen) atoms. The van der Waals surface area contributed by atoms with E-state index < -0.39 is 0 Å². The highest BCUT2D eigenvalue weighted by Crippen LogP contribution is 2.31. The third kappa shape index (κ3) is 4.35. The minimum atomic E-state index is -0.0692. The molecule has 1 amide bonds. The summed E-state index contributed by atoms with van der Waals surface area (Å²) in [5.74, 6) is 0.569. The summed E-state index contributed by atoms with van der Waals surface area (Å²) < 4.78 is 7.21. The molecule has 0 spiro atoms. The van der Waals surface area contributed by atoms with E-state index in [1.807, 2.05) is 25.5 Å². The van der Waals surface area contributed by atoms with Crippen molar-refractivity contribution in [3.8, 4) is 0 Å². The molecule has 5 rings (SSSR count). The molecule has 0 bridgehead atoms. The number of methoxy groups -OCH3 is 1. The largest absolute Gasteiger partial charge is 0.381 e. The highest BCUT2D eigenvalue weighted by molar-refractivity contribution is 6.01. The second-order valence-electron chi connectivity index (χ2n) is 8.80. The quantitative estimate of drug-likeness (QED) is 0.622. The number of ether oxygens (including phenoxy) is 1. The Hall–Kier alpha value is -3.26. The molecule has 2 N–H and O–H groups in total. The number of nitrogens with one attached hydrogen (secondary N) is 2. The molecule has 0 aliphatic heterocycles. The molecule has 0 aromatic carbocycles. The van der Waals surface area contributed by atoms with Crippen LogP contribution < -0.4 is 10.6 Å². The number of aromatic nitrogens is 4. The number of nitrogens with zero attached hydrogens (tertiary/aromatic N) is 4. The molecule has 0 atom stereocenters. The van der Waals surface area contributed by atoms with Crippen LogP contribution >= 0.6 is 0 Å². The highest BCUT2D eigenvalue weighted by atomic mass is 16.5. The first-order valence-corrected chi connectivity index (χ1v) is 11.7. The maximum absolute atomic E-state index is 13.1. The van der Waals surface area contributed by atoms with E-state index in [-0.39, 0.29) is 11.9 Å². The van der Waals surface area contributed by atoms with Gasteiger partial charge < -0.3 is 15.4 Å². The van der Waals surface area contributed by atoms with Crippen molar-refractivity contribution in [2.45, 2.75) is 57.1 Å². The third-order valence-corrected chi connectivity index (χ3v) is 6.77. The van der Waals surface area contributed by atoms with Crippen LogP contribution in [0, 0.1) is 0 Å². The van der Waals surface area contributed by atoms with Crippen molar-refractivity contribution in [3.05, 3.63) is 59.2 Å². The number of pyridine rings is 1. The van der Waals surface area contributed by atoms with Crippen LogP contribution in [0.3, 0.4) is 0 Å². The summed E-state index contributed by atoms with van der Waals surface area (Å²) in [4.78, 5) is 22.3. The van der Waals surface area contributed by atoms with Gasteiger partial charge in [0.2, 0.25) is 5.95 Å². The molecule has 172 valence electrons. The standard InChI is InChI=1S/C25H30N6O2/c1-26-25-27-14-20-19(5-3-4-6-22(20)30-25)16-11-12-31-23(13-16)21(15-28-31)24(32)29-17-7-9-18(33-2)10-8-17/h5,11-15,17-18H,3-4,6-10H2,1-2H3,(H,29,32)(H,26,27,30)/t17-,18-. The second-order valence-corrected chi connectivity index (χ2v) is 8.80. The van der Waals surface area contributed by atoms with Gasteiger partial charge in [0.15, 0.2) is 0 Å². The van der Waals surface area contributed by atoms with E-state index in [0.29, 0.717) is 17.6 Å². The van der Waals surface area contributed by atoms with E-state index >= 15 is 0 Å². The van der Waals surface area contributed by atoms with Crippen molar-refractivity contribution in [1.82, 2.24) is 24.9 Å². The van der Waals surface area contributed by atoms with Gasteiger partial charge in [-0.2, -0.15) is 5.10 Å². The zero-order chi connectivity index (χ0) is 22.8. The van der Waals surface area contributed by atoms with Crippen LogP contribution in [-0.4, -0.2) is 51.8 Å². The monoisotopic (exact) mass is 446 g/mol. The van der Waals surface area contributed by atoms with Crippen molar-refractivity contribution in [2.75, 3.05) is 19.5 Å². The molecule has 2 aliphatic carbocycles. The van der Waals surface area contributed by atoms with Gasteiger partial charge in [0.1, 0.15) is 0 Å². The Balaban J connectivity index is 1.43. The maximum atomic E-state index is 13.1. The van der Waals surface area contributed by atoms with Gasteiger partial charge in [-0.1, -0.05) is 6.08 Å². The number of anilines is 1. The van der Waals surface area contributed by atoms with E-state index in [0.717, 1.165) is 72.9 Å². The Morgan fingerprint density at radius 3 is 2.85 bits per heavy atom. The van der Waals surface area contributed by atoms with Crippen molar-refractivity contribution < 1.29 is 9.53 Å². The Morgan fingerprint density at radius 2 is 2.06 bits per heavy atom. The van der Waals surface area contributed by atoms with E-state index in [9.17, 15) is 4.79 Å². The molecule has 1 saturated carbocycles. The Labute approximate surface area is 193 Å². The molecule has 8 heteroatoms. The summed E-state index contributed by atoms with van der Waals surface area (Å²) in [5.41, 5.74) is 5.66. The van der Waals surface area contributed by atoms with Gasteiger partial charge in [-0.3, -0.25) is 4.79 Å². The average Bonchev–Trinajstić information content (AvgIpc) is 3.16. The number of carbonyl (C=O) groups excluding carboxylic acids is 1. The lowest BCUT2D eigenvalue weighted by molar-refractivity contribution is 0.0599. The van der Waals surface area contributed by atoms with Crippen molar-refractivity contribution in [2.24, 2.45) is 0 Å². The maximum Gasteiger partial charge on any atom is 0.255 e. The Kier molecular flexibility index (Phi) is 6.09. The van der Waals surface area contributed by atoms with Gasteiger partial charge in [0.25, 0.3) is 5.91 Å². The van der Waals surface area contributed by atoms with Crippen LogP contribution in [0.5, 0.6) is 0 Å². The predicted octanol–water partition coefficient (Wildman–Crippen LogP) is 3.62. The molecule has 2 aliphatic rings. The average molecular weight is 447 g/mol. The minimum Gasteiger partial charge on any atom is -0.381 e. The SMILES string of the molecule is CNc1ncc2c(n1)CCCC=C2c1ccn2ncc(C(=O)N[C@H]3CC[C@H](OC)CC3)c2c1. The number of amides is 1. The predicted molar refractivity (Wildman–Crippen MR) is 127 cm³/mol. The molecular weight excluding hydrogens is 416 g/mol. The number of fused-ring (bicyclic) bond motifs is 2. The van der Waals surface area contributed by atoms with E-state index in [2.05, 4.69) is 37.8 Å². The fourth-order valence-corrected chi connectivity index (χ4v) is 4.88. The van der Waals surface area contributed by atoms with E-state index in [4.69, 9.17) is 4.74 Å². The van der Waals surface area contributed by atoms with Gasteiger partial charge in [0.05, 0.1) is 29.1 Å². The second kappa shape index (κ2) is 9.31. The zero-order valence-corrected chi connectivity index (χ0v) is 19.2. The Bertz CT molecular complexity index is 1190. The zero-order valence-electron chi connectivity index (χ0n) is 19.2. The van der Waals surface area contributed by atoms with Gasteiger partial charge in [0, 0.05) is 38.2 Å².